The van der Waals surface area contributed by atoms with Crippen molar-refractivity contribution in [3.05, 3.63) is 0 Å². The maximum atomic E-state index is 10.4. The van der Waals surface area contributed by atoms with Crippen LogP contribution in [0, 0.1) is 23.7 Å². The maximum absolute atomic E-state index is 10.4. The number of aliphatic carboxylic acids is 2. The van der Waals surface area contributed by atoms with Gasteiger partial charge in [0.2, 0.25) is 0 Å². The second-order valence-corrected chi connectivity index (χ2v) is 6.11. The van der Waals surface area contributed by atoms with Gasteiger partial charge in [-0.15, -0.1) is 0 Å². The fourth-order valence-electron chi connectivity index (χ4n) is 2.00. The number of carbonyl (C=O) groups is 2. The largest absolute Gasteiger partial charge is 2.00 e. The molecule has 2 radical (unpaired) electrons. The molecule has 2 unspecified atom stereocenters. The third kappa shape index (κ3) is 15.9. The summed E-state index contributed by atoms with van der Waals surface area (Å²) in [5.74, 6) is -1.42. The predicted molar refractivity (Wildman–Crippen MR) is 82.2 cm³/mol. The Hall–Kier alpha value is -0.261. The van der Waals surface area contributed by atoms with Crippen LogP contribution < -0.4 is 10.2 Å². The number of hydrogen-bond acceptors (Lipinski definition) is 4. The summed E-state index contributed by atoms with van der Waals surface area (Å²) < 4.78 is 0. The van der Waals surface area contributed by atoms with Crippen molar-refractivity contribution in [3.63, 3.8) is 0 Å². The van der Waals surface area contributed by atoms with Gasteiger partial charge >= 0.3 is 23.9 Å². The first kappa shape index (κ1) is 25.7. The normalized spacial score (nSPS) is 13.0. The van der Waals surface area contributed by atoms with E-state index in [-0.39, 0.29) is 35.7 Å². The standard InChI is InChI=1S/2C8H16O2.Sn/c2*1-4-7(8(9)10)5-6(2)3;/h2*6-7H,4-5H2,1-3H3,(H,9,10);/q;;+2/p-2. The van der Waals surface area contributed by atoms with Crippen LogP contribution in [-0.4, -0.2) is 35.8 Å². The Morgan fingerprint density at radius 3 is 1.05 bits per heavy atom. The molecule has 0 fully saturated rings. The van der Waals surface area contributed by atoms with Gasteiger partial charge in [0.25, 0.3) is 0 Å². The third-order valence-electron chi connectivity index (χ3n) is 3.16. The number of carboxylic acid groups (broad SMARTS) is 2. The van der Waals surface area contributed by atoms with Crippen LogP contribution in [0.2, 0.25) is 0 Å². The molecule has 0 aliphatic carbocycles. The van der Waals surface area contributed by atoms with Gasteiger partial charge in [-0.1, -0.05) is 41.5 Å². The predicted octanol–water partition coefficient (Wildman–Crippen LogP) is 1.24. The van der Waals surface area contributed by atoms with Crippen molar-refractivity contribution in [1.82, 2.24) is 0 Å². The van der Waals surface area contributed by atoms with Crippen LogP contribution in [0.1, 0.15) is 67.2 Å². The van der Waals surface area contributed by atoms with Gasteiger partial charge in [0.1, 0.15) is 0 Å². The molecule has 122 valence electrons. The van der Waals surface area contributed by atoms with E-state index in [1.807, 2.05) is 41.5 Å². The summed E-state index contributed by atoms with van der Waals surface area (Å²) in [7, 11) is 0. The number of carboxylic acids is 2. The zero-order valence-electron chi connectivity index (χ0n) is 14.3. The van der Waals surface area contributed by atoms with Gasteiger partial charge in [0.05, 0.1) is 0 Å². The van der Waals surface area contributed by atoms with E-state index in [0.717, 1.165) is 12.8 Å². The zero-order chi connectivity index (χ0) is 16.3. The van der Waals surface area contributed by atoms with Gasteiger partial charge in [-0.25, -0.2) is 0 Å². The van der Waals surface area contributed by atoms with E-state index in [4.69, 9.17) is 0 Å². The molecule has 0 aromatic carbocycles. The fraction of sp³-hybridized carbons (Fsp3) is 0.875. The number of hydrogen-bond donors (Lipinski definition) is 0. The zero-order valence-corrected chi connectivity index (χ0v) is 17.1. The van der Waals surface area contributed by atoms with Crippen LogP contribution in [0.3, 0.4) is 0 Å². The topological polar surface area (TPSA) is 80.3 Å². The minimum atomic E-state index is -0.906. The van der Waals surface area contributed by atoms with Crippen LogP contribution in [0.5, 0.6) is 0 Å². The molecule has 21 heavy (non-hydrogen) atoms. The molecule has 0 N–H and O–H groups in total. The van der Waals surface area contributed by atoms with Crippen molar-refractivity contribution in [2.75, 3.05) is 0 Å². The molecule has 0 amide bonds. The molecule has 2 atom stereocenters. The monoisotopic (exact) mass is 406 g/mol. The van der Waals surface area contributed by atoms with E-state index in [1.54, 1.807) is 0 Å². The fourth-order valence-corrected chi connectivity index (χ4v) is 2.00. The molecule has 0 aromatic rings. The van der Waals surface area contributed by atoms with Gasteiger partial charge in [-0.3, -0.25) is 0 Å². The Bertz CT molecular complexity index is 249. The van der Waals surface area contributed by atoms with Crippen LogP contribution in [0.4, 0.5) is 0 Å². The van der Waals surface area contributed by atoms with Crippen molar-refractivity contribution >= 4 is 35.8 Å². The van der Waals surface area contributed by atoms with Crippen molar-refractivity contribution in [1.29, 1.82) is 0 Å². The van der Waals surface area contributed by atoms with Crippen LogP contribution in [0.25, 0.3) is 0 Å². The van der Waals surface area contributed by atoms with Crippen molar-refractivity contribution < 1.29 is 19.8 Å². The van der Waals surface area contributed by atoms with Crippen LogP contribution in [-0.2, 0) is 9.59 Å². The minimum Gasteiger partial charge on any atom is -0.550 e. The third-order valence-corrected chi connectivity index (χ3v) is 3.16. The average Bonchev–Trinajstić information content (AvgIpc) is 2.32. The second-order valence-electron chi connectivity index (χ2n) is 6.11. The summed E-state index contributed by atoms with van der Waals surface area (Å²) in [5.41, 5.74) is 0. The summed E-state index contributed by atoms with van der Waals surface area (Å²) in [6, 6.07) is 0. The Kier molecular flexibility index (Phi) is 17.9. The molecule has 0 saturated carbocycles. The molecule has 0 bridgehead atoms. The molecule has 0 saturated heterocycles. The van der Waals surface area contributed by atoms with Gasteiger partial charge in [0.15, 0.2) is 0 Å². The Balaban J connectivity index is -0.000000295. The molecule has 0 aromatic heterocycles. The minimum absolute atomic E-state index is 0. The van der Waals surface area contributed by atoms with Gasteiger partial charge in [-0.2, -0.15) is 0 Å². The SMILES string of the molecule is CCC(CC(C)C)C(=O)[O-].CCC(CC(C)C)C(=O)[O-].[Sn+2]. The molecule has 0 rings (SSSR count). The van der Waals surface area contributed by atoms with E-state index in [2.05, 4.69) is 0 Å². The van der Waals surface area contributed by atoms with Crippen LogP contribution in [0.15, 0.2) is 0 Å². The quantitative estimate of drug-likeness (QED) is 0.570. The van der Waals surface area contributed by atoms with E-state index >= 15 is 0 Å². The first-order valence-electron chi connectivity index (χ1n) is 7.57. The molecule has 0 spiro atoms. The number of carbonyl (C=O) groups excluding carboxylic acids is 2. The first-order chi connectivity index (χ1) is 9.15. The maximum Gasteiger partial charge on any atom is 2.00 e. The van der Waals surface area contributed by atoms with Crippen molar-refractivity contribution in [2.24, 2.45) is 23.7 Å². The van der Waals surface area contributed by atoms with Gasteiger partial charge in [-0.05, 0) is 49.4 Å². The molecule has 4 nitrogen and oxygen atoms in total. The second kappa shape index (κ2) is 14.7. The van der Waals surface area contributed by atoms with Gasteiger partial charge < -0.3 is 19.8 Å². The summed E-state index contributed by atoms with van der Waals surface area (Å²) in [5, 5.41) is 20.7. The molecule has 0 aliphatic heterocycles. The average molecular weight is 405 g/mol. The molecule has 5 heteroatoms. The Morgan fingerprint density at radius 2 is 1.00 bits per heavy atom. The Labute approximate surface area is 146 Å². The first-order valence-corrected chi connectivity index (χ1v) is 7.57. The van der Waals surface area contributed by atoms with Crippen LogP contribution >= 0.6 is 0 Å². The molecule has 0 heterocycles. The summed E-state index contributed by atoms with van der Waals surface area (Å²) in [6.45, 7) is 11.8. The van der Waals surface area contributed by atoms with Gasteiger partial charge in [0, 0.05) is 11.9 Å². The molecular weight excluding hydrogens is 375 g/mol. The summed E-state index contributed by atoms with van der Waals surface area (Å²) >= 11 is 0. The smallest absolute Gasteiger partial charge is 0.550 e. The molecular formula is C16H30O4Sn. The summed E-state index contributed by atoms with van der Waals surface area (Å²) in [4.78, 5) is 20.7. The molecule has 0 aliphatic rings. The number of rotatable bonds is 8. The van der Waals surface area contributed by atoms with Crippen molar-refractivity contribution in [2.45, 2.75) is 67.2 Å². The van der Waals surface area contributed by atoms with E-state index in [9.17, 15) is 19.8 Å². The summed E-state index contributed by atoms with van der Waals surface area (Å²) in [6.07, 6.45) is 2.83. The van der Waals surface area contributed by atoms with E-state index < -0.39 is 11.9 Å². The van der Waals surface area contributed by atoms with E-state index in [1.165, 1.54) is 0 Å². The van der Waals surface area contributed by atoms with E-state index in [0.29, 0.717) is 24.7 Å². The Morgan fingerprint density at radius 1 is 0.762 bits per heavy atom. The van der Waals surface area contributed by atoms with Crippen molar-refractivity contribution in [3.8, 4) is 0 Å².